The molecule has 0 bridgehead atoms. The molecule has 0 aliphatic rings. The van der Waals surface area contributed by atoms with E-state index < -0.39 is 0 Å². The fourth-order valence-electron chi connectivity index (χ4n) is 1.35. The predicted molar refractivity (Wildman–Crippen MR) is 72.2 cm³/mol. The molecule has 1 aromatic carbocycles. The standard InChI is InChI=1S/C11H10BrClN2S/c1-7-2-3-9(12)8(6-7)11-15-14-10(16-11)4-5-13/h2-3,6H,4-5H2,1H3. The molecule has 0 aliphatic carbocycles. The van der Waals surface area contributed by atoms with Crippen LogP contribution in [0.4, 0.5) is 0 Å². The average Bonchev–Trinajstić information content (AvgIpc) is 2.71. The number of alkyl halides is 1. The molecule has 16 heavy (non-hydrogen) atoms. The Kier molecular flexibility index (Phi) is 3.95. The first-order chi connectivity index (χ1) is 7.70. The summed E-state index contributed by atoms with van der Waals surface area (Å²) in [5.41, 5.74) is 2.31. The van der Waals surface area contributed by atoms with Gasteiger partial charge < -0.3 is 0 Å². The number of hydrogen-bond acceptors (Lipinski definition) is 3. The molecule has 0 amide bonds. The van der Waals surface area contributed by atoms with Gasteiger partial charge in [-0.1, -0.05) is 38.9 Å². The maximum Gasteiger partial charge on any atom is 0.148 e. The van der Waals surface area contributed by atoms with Crippen molar-refractivity contribution in [3.63, 3.8) is 0 Å². The Morgan fingerprint density at radius 3 is 2.94 bits per heavy atom. The van der Waals surface area contributed by atoms with Gasteiger partial charge in [0.2, 0.25) is 0 Å². The van der Waals surface area contributed by atoms with Gasteiger partial charge in [-0.05, 0) is 19.1 Å². The molecule has 0 N–H and O–H groups in total. The van der Waals surface area contributed by atoms with Crippen LogP contribution < -0.4 is 0 Å². The predicted octanol–water partition coefficient (Wildman–Crippen LogP) is 4.06. The zero-order chi connectivity index (χ0) is 11.5. The van der Waals surface area contributed by atoms with Gasteiger partial charge in [-0.2, -0.15) is 0 Å². The lowest BCUT2D eigenvalue weighted by Gasteiger charge is -2.00. The molecular formula is C11H10BrClN2S. The number of aromatic nitrogens is 2. The molecule has 0 saturated heterocycles. The zero-order valence-electron chi connectivity index (χ0n) is 8.70. The molecule has 84 valence electrons. The van der Waals surface area contributed by atoms with E-state index in [9.17, 15) is 0 Å². The molecule has 1 aromatic heterocycles. The van der Waals surface area contributed by atoms with E-state index in [0.717, 1.165) is 26.5 Å². The fourth-order valence-corrected chi connectivity index (χ4v) is 3.07. The van der Waals surface area contributed by atoms with Crippen molar-refractivity contribution in [2.45, 2.75) is 13.3 Å². The van der Waals surface area contributed by atoms with Gasteiger partial charge in [0.15, 0.2) is 0 Å². The lowest BCUT2D eigenvalue weighted by molar-refractivity contribution is 0.989. The van der Waals surface area contributed by atoms with E-state index in [1.165, 1.54) is 5.56 Å². The van der Waals surface area contributed by atoms with Crippen molar-refractivity contribution in [2.24, 2.45) is 0 Å². The van der Waals surface area contributed by atoms with Gasteiger partial charge in [-0.3, -0.25) is 0 Å². The van der Waals surface area contributed by atoms with Crippen LogP contribution in [-0.2, 0) is 6.42 Å². The Labute approximate surface area is 112 Å². The maximum absolute atomic E-state index is 5.68. The molecule has 2 aromatic rings. The monoisotopic (exact) mass is 316 g/mol. The van der Waals surface area contributed by atoms with E-state index in [0.29, 0.717) is 5.88 Å². The van der Waals surface area contributed by atoms with Gasteiger partial charge in [0.1, 0.15) is 10.0 Å². The van der Waals surface area contributed by atoms with Crippen molar-refractivity contribution >= 4 is 38.9 Å². The number of rotatable bonds is 3. The van der Waals surface area contributed by atoms with Crippen molar-refractivity contribution in [1.82, 2.24) is 10.2 Å². The van der Waals surface area contributed by atoms with Crippen LogP contribution in [0.3, 0.4) is 0 Å². The van der Waals surface area contributed by atoms with Crippen LogP contribution in [-0.4, -0.2) is 16.1 Å². The Bertz CT molecular complexity index is 498. The van der Waals surface area contributed by atoms with Crippen LogP contribution in [0.5, 0.6) is 0 Å². The maximum atomic E-state index is 5.68. The summed E-state index contributed by atoms with van der Waals surface area (Å²) in [7, 11) is 0. The minimum Gasteiger partial charge on any atom is -0.143 e. The van der Waals surface area contributed by atoms with Gasteiger partial charge in [0, 0.05) is 22.3 Å². The Morgan fingerprint density at radius 1 is 1.38 bits per heavy atom. The number of aryl methyl sites for hydroxylation is 2. The van der Waals surface area contributed by atoms with E-state index in [2.05, 4.69) is 45.2 Å². The van der Waals surface area contributed by atoms with Crippen LogP contribution in [0.2, 0.25) is 0 Å². The molecule has 2 rings (SSSR count). The largest absolute Gasteiger partial charge is 0.148 e. The Balaban J connectivity index is 2.38. The lowest BCUT2D eigenvalue weighted by Crippen LogP contribution is -1.83. The molecule has 0 atom stereocenters. The molecule has 0 saturated carbocycles. The van der Waals surface area contributed by atoms with Gasteiger partial charge >= 0.3 is 0 Å². The highest BCUT2D eigenvalue weighted by Crippen LogP contribution is 2.31. The van der Waals surface area contributed by atoms with Gasteiger partial charge in [-0.15, -0.1) is 21.8 Å². The SMILES string of the molecule is Cc1ccc(Br)c(-c2nnc(CCCl)s2)c1. The highest BCUT2D eigenvalue weighted by Gasteiger charge is 2.09. The van der Waals surface area contributed by atoms with Gasteiger partial charge in [-0.25, -0.2) is 0 Å². The third kappa shape index (κ3) is 2.62. The van der Waals surface area contributed by atoms with Crippen LogP contribution in [0.25, 0.3) is 10.6 Å². The smallest absolute Gasteiger partial charge is 0.143 e. The molecule has 0 spiro atoms. The first-order valence-corrected chi connectivity index (χ1v) is 7.00. The molecule has 0 aliphatic heterocycles. The third-order valence-electron chi connectivity index (χ3n) is 2.13. The van der Waals surface area contributed by atoms with Crippen LogP contribution in [0, 0.1) is 6.92 Å². The fraction of sp³-hybridized carbons (Fsp3) is 0.273. The van der Waals surface area contributed by atoms with Crippen molar-refractivity contribution in [3.05, 3.63) is 33.2 Å². The third-order valence-corrected chi connectivity index (χ3v) is 4.02. The highest BCUT2D eigenvalue weighted by atomic mass is 79.9. The lowest BCUT2D eigenvalue weighted by atomic mass is 10.1. The van der Waals surface area contributed by atoms with E-state index >= 15 is 0 Å². The van der Waals surface area contributed by atoms with E-state index in [1.54, 1.807) is 11.3 Å². The van der Waals surface area contributed by atoms with Crippen molar-refractivity contribution in [2.75, 3.05) is 5.88 Å². The van der Waals surface area contributed by atoms with Crippen LogP contribution in [0.15, 0.2) is 22.7 Å². The summed E-state index contributed by atoms with van der Waals surface area (Å²) in [5.74, 6) is 0.587. The first kappa shape index (κ1) is 12.0. The zero-order valence-corrected chi connectivity index (χ0v) is 11.9. The molecular weight excluding hydrogens is 308 g/mol. The van der Waals surface area contributed by atoms with Gasteiger partial charge in [0.25, 0.3) is 0 Å². The summed E-state index contributed by atoms with van der Waals surface area (Å²) in [5, 5.41) is 10.2. The molecule has 2 nitrogen and oxygen atoms in total. The minimum absolute atomic E-state index is 0.587. The highest BCUT2D eigenvalue weighted by molar-refractivity contribution is 9.10. The first-order valence-electron chi connectivity index (χ1n) is 4.85. The normalized spacial score (nSPS) is 10.7. The minimum atomic E-state index is 0.587. The molecule has 5 heteroatoms. The Morgan fingerprint density at radius 2 is 2.19 bits per heavy atom. The number of hydrogen-bond donors (Lipinski definition) is 0. The summed E-state index contributed by atoms with van der Waals surface area (Å²) in [6.07, 6.45) is 0.780. The summed E-state index contributed by atoms with van der Waals surface area (Å²) in [6.45, 7) is 2.07. The molecule has 0 radical (unpaired) electrons. The second kappa shape index (κ2) is 5.25. The molecule has 0 unspecified atom stereocenters. The summed E-state index contributed by atoms with van der Waals surface area (Å²) in [6, 6.07) is 6.21. The second-order valence-corrected chi connectivity index (χ2v) is 5.72. The topological polar surface area (TPSA) is 25.8 Å². The average molecular weight is 318 g/mol. The van der Waals surface area contributed by atoms with Crippen LogP contribution >= 0.6 is 38.9 Å². The quantitative estimate of drug-likeness (QED) is 0.798. The Hall–Kier alpha value is -0.450. The van der Waals surface area contributed by atoms with Crippen molar-refractivity contribution in [1.29, 1.82) is 0 Å². The molecule has 1 heterocycles. The number of benzene rings is 1. The number of halogens is 2. The number of nitrogens with zero attached hydrogens (tertiary/aromatic N) is 2. The van der Waals surface area contributed by atoms with E-state index in [1.807, 2.05) is 6.07 Å². The summed E-state index contributed by atoms with van der Waals surface area (Å²) in [4.78, 5) is 0. The van der Waals surface area contributed by atoms with Crippen LogP contribution in [0.1, 0.15) is 10.6 Å². The van der Waals surface area contributed by atoms with E-state index in [-0.39, 0.29) is 0 Å². The van der Waals surface area contributed by atoms with Gasteiger partial charge in [0.05, 0.1) is 0 Å². The summed E-state index contributed by atoms with van der Waals surface area (Å²) >= 11 is 10.8. The second-order valence-electron chi connectivity index (χ2n) is 3.42. The summed E-state index contributed by atoms with van der Waals surface area (Å²) < 4.78 is 1.05. The van der Waals surface area contributed by atoms with Crippen molar-refractivity contribution < 1.29 is 0 Å². The van der Waals surface area contributed by atoms with E-state index in [4.69, 9.17) is 11.6 Å². The molecule has 0 fully saturated rings. The van der Waals surface area contributed by atoms with Crippen molar-refractivity contribution in [3.8, 4) is 10.6 Å².